The van der Waals surface area contributed by atoms with Gasteiger partial charge in [0.1, 0.15) is 10.8 Å². The number of nitrogens with two attached hydrogens (primary N) is 1. The first-order valence-electron chi connectivity index (χ1n) is 10.4. The number of rotatable bonds is 8. The minimum atomic E-state index is -0.923. The number of hydrogen-bond acceptors (Lipinski definition) is 8. The molecule has 0 unspecified atom stereocenters. The van der Waals surface area contributed by atoms with Crippen molar-refractivity contribution in [2.24, 2.45) is 0 Å². The third kappa shape index (κ3) is 6.21. The van der Waals surface area contributed by atoms with Gasteiger partial charge in [0.25, 0.3) is 11.8 Å². The molecule has 3 aromatic rings. The minimum absolute atomic E-state index is 0.0255. The van der Waals surface area contributed by atoms with Gasteiger partial charge in [0, 0.05) is 11.4 Å². The number of ether oxygens (including phenoxy) is 2. The summed E-state index contributed by atoms with van der Waals surface area (Å²) in [6.07, 6.45) is 0. The molecule has 35 heavy (non-hydrogen) atoms. The second-order valence-electron chi connectivity index (χ2n) is 7.16. The highest BCUT2D eigenvalue weighted by atomic mass is 32.1. The summed E-state index contributed by atoms with van der Waals surface area (Å²) in [6.45, 7) is 2.57. The van der Waals surface area contributed by atoms with Crippen LogP contribution in [0.2, 0.25) is 0 Å². The number of carbonyl (C=O) groups excluding carboxylic acids is 4. The molecule has 0 saturated carbocycles. The monoisotopic (exact) mass is 499 g/mol. The van der Waals surface area contributed by atoms with Gasteiger partial charge in [-0.3, -0.25) is 9.59 Å². The zero-order valence-electron chi connectivity index (χ0n) is 18.8. The molecule has 11 heteroatoms. The molecule has 0 aliphatic carbocycles. The van der Waals surface area contributed by atoms with Crippen molar-refractivity contribution < 1.29 is 33.0 Å². The number of thiophene rings is 1. The quantitative estimate of drug-likeness (QED) is 0.315. The number of anilines is 3. The Morgan fingerprint density at radius 1 is 1.00 bits per heavy atom. The zero-order chi connectivity index (χ0) is 25.5. The van der Waals surface area contributed by atoms with E-state index in [1.165, 1.54) is 0 Å². The average Bonchev–Trinajstić information content (AvgIpc) is 3.14. The van der Waals surface area contributed by atoms with Crippen LogP contribution in [0.25, 0.3) is 0 Å². The number of benzene rings is 2. The first-order chi connectivity index (χ1) is 16.7. The summed E-state index contributed by atoms with van der Waals surface area (Å²) in [5.41, 5.74) is 6.28. The van der Waals surface area contributed by atoms with E-state index in [9.17, 15) is 23.6 Å². The van der Waals surface area contributed by atoms with Crippen molar-refractivity contribution in [1.29, 1.82) is 0 Å². The van der Waals surface area contributed by atoms with Crippen LogP contribution in [0, 0.1) is 12.7 Å². The van der Waals surface area contributed by atoms with Crippen molar-refractivity contribution in [3.63, 3.8) is 0 Å². The molecule has 0 aliphatic heterocycles. The van der Waals surface area contributed by atoms with Crippen molar-refractivity contribution in [2.75, 3.05) is 29.6 Å². The molecule has 0 bridgehead atoms. The molecule has 0 radical (unpaired) electrons. The van der Waals surface area contributed by atoms with E-state index >= 15 is 0 Å². The minimum Gasteiger partial charge on any atom is -0.462 e. The van der Waals surface area contributed by atoms with Gasteiger partial charge in [-0.2, -0.15) is 0 Å². The lowest BCUT2D eigenvalue weighted by atomic mass is 10.1. The highest BCUT2D eigenvalue weighted by molar-refractivity contribution is 7.19. The van der Waals surface area contributed by atoms with Gasteiger partial charge in [-0.15, -0.1) is 11.3 Å². The summed E-state index contributed by atoms with van der Waals surface area (Å²) in [4.78, 5) is 50.2. The smallest absolute Gasteiger partial charge is 0.341 e. The van der Waals surface area contributed by atoms with E-state index in [1.54, 1.807) is 44.2 Å². The summed E-state index contributed by atoms with van der Waals surface area (Å²) in [5, 5.41) is 5.29. The number of amides is 2. The van der Waals surface area contributed by atoms with Crippen molar-refractivity contribution >= 4 is 51.5 Å². The Bertz CT molecular complexity index is 1280. The molecule has 4 N–H and O–H groups in total. The zero-order valence-corrected chi connectivity index (χ0v) is 19.7. The summed E-state index contributed by atoms with van der Waals surface area (Å²) >= 11 is 0.884. The van der Waals surface area contributed by atoms with Crippen LogP contribution in [0.3, 0.4) is 0 Å². The first kappa shape index (κ1) is 25.4. The molecule has 0 spiro atoms. The van der Waals surface area contributed by atoms with Gasteiger partial charge in [-0.25, -0.2) is 14.0 Å². The molecule has 2 amide bonds. The lowest BCUT2D eigenvalue weighted by Gasteiger charge is -2.09. The summed E-state index contributed by atoms with van der Waals surface area (Å²) in [7, 11) is 0. The summed E-state index contributed by atoms with van der Waals surface area (Å²) in [6, 6.07) is 11.9. The summed E-state index contributed by atoms with van der Waals surface area (Å²) in [5.74, 6) is -3.49. The Morgan fingerprint density at radius 2 is 1.71 bits per heavy atom. The van der Waals surface area contributed by atoms with E-state index in [1.807, 2.05) is 0 Å². The van der Waals surface area contributed by atoms with Gasteiger partial charge in [-0.1, -0.05) is 18.2 Å². The van der Waals surface area contributed by atoms with Gasteiger partial charge in [0.05, 0.1) is 22.6 Å². The summed E-state index contributed by atoms with van der Waals surface area (Å²) < 4.78 is 23.2. The Morgan fingerprint density at radius 3 is 2.37 bits per heavy atom. The number of carbonyl (C=O) groups is 4. The van der Waals surface area contributed by atoms with Crippen LogP contribution < -0.4 is 16.4 Å². The van der Waals surface area contributed by atoms with Crippen LogP contribution in [-0.2, 0) is 14.3 Å². The highest BCUT2D eigenvalue weighted by Gasteiger charge is 2.27. The predicted octanol–water partition coefficient (Wildman–Crippen LogP) is 4.00. The topological polar surface area (TPSA) is 137 Å². The van der Waals surface area contributed by atoms with Crippen LogP contribution in [0.15, 0.2) is 48.5 Å². The van der Waals surface area contributed by atoms with Crippen molar-refractivity contribution in [3.8, 4) is 0 Å². The average molecular weight is 500 g/mol. The lowest BCUT2D eigenvalue weighted by molar-refractivity contribution is -0.119. The molecule has 1 aromatic heterocycles. The molecule has 1 heterocycles. The lowest BCUT2D eigenvalue weighted by Crippen LogP contribution is -2.22. The molecule has 0 saturated heterocycles. The second kappa shape index (κ2) is 11.3. The van der Waals surface area contributed by atoms with Gasteiger partial charge in [-0.05, 0) is 49.7 Å². The molecular weight excluding hydrogens is 477 g/mol. The number of esters is 2. The molecule has 0 atom stereocenters. The van der Waals surface area contributed by atoms with Crippen LogP contribution in [0.5, 0.6) is 0 Å². The van der Waals surface area contributed by atoms with Crippen LogP contribution in [0.4, 0.5) is 20.8 Å². The van der Waals surface area contributed by atoms with E-state index in [-0.39, 0.29) is 33.3 Å². The van der Waals surface area contributed by atoms with Crippen molar-refractivity contribution in [1.82, 2.24) is 0 Å². The fourth-order valence-corrected chi connectivity index (χ4v) is 4.17. The van der Waals surface area contributed by atoms with Gasteiger partial charge in [0.2, 0.25) is 0 Å². The maximum atomic E-state index is 13.2. The van der Waals surface area contributed by atoms with Gasteiger partial charge in [0.15, 0.2) is 6.61 Å². The maximum Gasteiger partial charge on any atom is 0.341 e. The molecule has 0 fully saturated rings. The van der Waals surface area contributed by atoms with Crippen LogP contribution >= 0.6 is 11.3 Å². The Balaban J connectivity index is 1.77. The van der Waals surface area contributed by atoms with E-state index in [0.29, 0.717) is 11.3 Å². The molecular formula is C24H22FN3O6S. The number of nitrogens with one attached hydrogen (secondary N) is 2. The SMILES string of the molecule is CCOC(=O)c1c(NC(=O)COC(=O)c2ccc(F)cc2N)sc(C(=O)Nc2ccccc2)c1C. The third-order valence-electron chi connectivity index (χ3n) is 4.69. The highest BCUT2D eigenvalue weighted by Crippen LogP contribution is 2.34. The van der Waals surface area contributed by atoms with Gasteiger partial charge < -0.3 is 25.8 Å². The second-order valence-corrected chi connectivity index (χ2v) is 8.18. The number of halogens is 1. The Hall–Kier alpha value is -4.25. The fourth-order valence-electron chi connectivity index (χ4n) is 3.07. The molecule has 2 aromatic carbocycles. The number of para-hydroxylation sites is 1. The van der Waals surface area contributed by atoms with Crippen LogP contribution in [0.1, 0.15) is 42.9 Å². The van der Waals surface area contributed by atoms with E-state index < -0.39 is 36.2 Å². The standard InChI is InChI=1S/C24H22FN3O6S/c1-3-33-24(32)19-13(2)20(21(30)27-15-7-5-4-6-8-15)35-22(19)28-18(29)12-34-23(31)16-10-9-14(25)11-17(16)26/h4-11H,3,12,26H2,1-2H3,(H,27,30)(H,28,29). The number of nitrogen functional groups attached to an aromatic ring is 1. The normalized spacial score (nSPS) is 10.4. The Labute approximate surface area is 204 Å². The maximum absolute atomic E-state index is 13.2. The van der Waals surface area contributed by atoms with E-state index in [2.05, 4.69) is 10.6 Å². The predicted molar refractivity (Wildman–Crippen MR) is 129 cm³/mol. The van der Waals surface area contributed by atoms with E-state index in [4.69, 9.17) is 15.2 Å². The van der Waals surface area contributed by atoms with Crippen LogP contribution in [-0.4, -0.2) is 37.0 Å². The molecule has 0 aliphatic rings. The van der Waals surface area contributed by atoms with E-state index in [0.717, 1.165) is 29.5 Å². The number of hydrogen-bond donors (Lipinski definition) is 3. The van der Waals surface area contributed by atoms with Gasteiger partial charge >= 0.3 is 11.9 Å². The largest absolute Gasteiger partial charge is 0.462 e. The molecule has 182 valence electrons. The molecule has 3 rings (SSSR count). The first-order valence-corrected chi connectivity index (χ1v) is 11.2. The van der Waals surface area contributed by atoms with Crippen molar-refractivity contribution in [3.05, 3.63) is 75.9 Å². The third-order valence-corrected chi connectivity index (χ3v) is 5.89. The van der Waals surface area contributed by atoms with Crippen molar-refractivity contribution in [2.45, 2.75) is 13.8 Å². The molecule has 9 nitrogen and oxygen atoms in total. The Kier molecular flexibility index (Phi) is 8.16. The fraction of sp³-hybridized carbons (Fsp3) is 0.167.